The van der Waals surface area contributed by atoms with Gasteiger partial charge in [-0.1, -0.05) is 13.3 Å². The number of hydrogen-bond donors (Lipinski definition) is 1. The topological polar surface area (TPSA) is 29.1 Å². The second-order valence-electron chi connectivity index (χ2n) is 4.76. The largest absolute Gasteiger partial charge is 0.316 e. The molecular weight excluding hydrogens is 298 g/mol. The van der Waals surface area contributed by atoms with Gasteiger partial charge in [0.1, 0.15) is 5.78 Å². The second kappa shape index (κ2) is 5.63. The molecule has 0 aliphatic carbocycles. The van der Waals surface area contributed by atoms with Crippen LogP contribution in [0.25, 0.3) is 0 Å². The average molecular weight is 316 g/mol. The van der Waals surface area contributed by atoms with Crippen molar-refractivity contribution in [3.63, 3.8) is 0 Å². The van der Waals surface area contributed by atoms with E-state index in [1.54, 1.807) is 11.3 Å². The Bertz CT molecular complexity index is 396. The minimum atomic E-state index is -0.0920. The predicted molar refractivity (Wildman–Crippen MR) is 75.6 cm³/mol. The molecule has 1 unspecified atom stereocenters. The van der Waals surface area contributed by atoms with Crippen LogP contribution in [0.5, 0.6) is 0 Å². The van der Waals surface area contributed by atoms with E-state index in [1.165, 1.54) is 4.88 Å². The van der Waals surface area contributed by atoms with Crippen LogP contribution in [0.3, 0.4) is 0 Å². The van der Waals surface area contributed by atoms with Gasteiger partial charge in [-0.05, 0) is 47.4 Å². The summed E-state index contributed by atoms with van der Waals surface area (Å²) in [6.07, 6.45) is 3.71. The molecule has 1 aliphatic rings. The lowest BCUT2D eigenvalue weighted by molar-refractivity contribution is -0.127. The first-order chi connectivity index (χ1) is 8.16. The quantitative estimate of drug-likeness (QED) is 0.902. The van der Waals surface area contributed by atoms with Crippen LogP contribution in [-0.4, -0.2) is 18.9 Å². The second-order valence-corrected chi connectivity index (χ2v) is 7.31. The maximum absolute atomic E-state index is 12.5. The number of Topliss-reactive ketones (excluding diaryl/α,β-unsaturated/α-hetero) is 1. The molecule has 2 heterocycles. The van der Waals surface area contributed by atoms with Crippen molar-refractivity contribution >= 4 is 33.0 Å². The molecule has 1 fully saturated rings. The number of hydrogen-bond acceptors (Lipinski definition) is 3. The number of ketones is 1. The Morgan fingerprint density at radius 2 is 2.41 bits per heavy atom. The van der Waals surface area contributed by atoms with Gasteiger partial charge >= 0.3 is 0 Å². The summed E-state index contributed by atoms with van der Waals surface area (Å²) in [5.41, 5.74) is -0.0920. The highest BCUT2D eigenvalue weighted by Crippen LogP contribution is 2.34. The normalized spacial score (nSPS) is 24.1. The molecular formula is C13H18BrNOS. The first kappa shape index (κ1) is 13.2. The van der Waals surface area contributed by atoms with E-state index in [0.29, 0.717) is 12.2 Å². The van der Waals surface area contributed by atoms with Gasteiger partial charge in [0, 0.05) is 23.3 Å². The lowest BCUT2D eigenvalue weighted by Crippen LogP contribution is -2.34. The summed E-state index contributed by atoms with van der Waals surface area (Å²) in [6, 6.07) is 4.07. The van der Waals surface area contributed by atoms with Gasteiger partial charge in [0.2, 0.25) is 0 Å². The Balaban J connectivity index is 2.06. The Morgan fingerprint density at radius 1 is 1.59 bits per heavy atom. The maximum atomic E-state index is 12.5. The summed E-state index contributed by atoms with van der Waals surface area (Å²) in [7, 11) is 0. The van der Waals surface area contributed by atoms with Crippen molar-refractivity contribution in [2.75, 3.05) is 13.1 Å². The van der Waals surface area contributed by atoms with Gasteiger partial charge in [-0.25, -0.2) is 0 Å². The first-order valence-corrected chi connectivity index (χ1v) is 7.75. The van der Waals surface area contributed by atoms with Crippen LogP contribution in [0.15, 0.2) is 15.9 Å². The summed E-state index contributed by atoms with van der Waals surface area (Å²) in [5, 5.41) is 3.34. The summed E-state index contributed by atoms with van der Waals surface area (Å²) in [6.45, 7) is 4.02. The van der Waals surface area contributed by atoms with E-state index in [0.717, 1.165) is 36.1 Å². The van der Waals surface area contributed by atoms with Crippen molar-refractivity contribution < 1.29 is 4.79 Å². The predicted octanol–water partition coefficient (Wildman–Crippen LogP) is 3.40. The SMILES string of the molecule is CCCC1(C(=O)Cc2ccc(Br)s2)CCNC1. The van der Waals surface area contributed by atoms with Crippen LogP contribution in [0.1, 0.15) is 31.1 Å². The van der Waals surface area contributed by atoms with Gasteiger partial charge in [-0.2, -0.15) is 0 Å². The number of carbonyl (C=O) groups excluding carboxylic acids is 1. The van der Waals surface area contributed by atoms with E-state index in [1.807, 2.05) is 6.07 Å². The third kappa shape index (κ3) is 2.98. The Kier molecular flexibility index (Phi) is 4.39. The van der Waals surface area contributed by atoms with E-state index < -0.39 is 0 Å². The fourth-order valence-corrected chi connectivity index (χ4v) is 4.09. The minimum absolute atomic E-state index is 0.0920. The van der Waals surface area contributed by atoms with Crippen molar-refractivity contribution in [3.8, 4) is 0 Å². The van der Waals surface area contributed by atoms with Gasteiger partial charge in [-0.15, -0.1) is 11.3 Å². The van der Waals surface area contributed by atoms with Crippen molar-refractivity contribution in [1.29, 1.82) is 0 Å². The Hall–Kier alpha value is -0.190. The fourth-order valence-electron chi connectivity index (χ4n) is 2.61. The maximum Gasteiger partial charge on any atom is 0.145 e. The minimum Gasteiger partial charge on any atom is -0.316 e. The fraction of sp³-hybridized carbons (Fsp3) is 0.615. The van der Waals surface area contributed by atoms with Gasteiger partial charge in [-0.3, -0.25) is 4.79 Å². The molecule has 4 heteroatoms. The number of carbonyl (C=O) groups is 1. The summed E-state index contributed by atoms with van der Waals surface area (Å²) >= 11 is 5.11. The Morgan fingerprint density at radius 3 is 2.94 bits per heavy atom. The summed E-state index contributed by atoms with van der Waals surface area (Å²) in [4.78, 5) is 13.7. The number of rotatable bonds is 5. The summed E-state index contributed by atoms with van der Waals surface area (Å²) < 4.78 is 1.11. The molecule has 1 aromatic rings. The zero-order chi connectivity index (χ0) is 12.3. The zero-order valence-electron chi connectivity index (χ0n) is 10.1. The molecule has 1 aromatic heterocycles. The molecule has 0 radical (unpaired) electrons. The van der Waals surface area contributed by atoms with E-state index >= 15 is 0 Å². The lowest BCUT2D eigenvalue weighted by Gasteiger charge is -2.25. The third-order valence-corrected chi connectivity index (χ3v) is 5.15. The van der Waals surface area contributed by atoms with Crippen LogP contribution >= 0.6 is 27.3 Å². The molecule has 1 N–H and O–H groups in total. The van der Waals surface area contributed by atoms with Crippen LogP contribution in [0.2, 0.25) is 0 Å². The van der Waals surface area contributed by atoms with E-state index in [9.17, 15) is 4.79 Å². The van der Waals surface area contributed by atoms with Crippen molar-refractivity contribution in [2.24, 2.45) is 5.41 Å². The average Bonchev–Trinajstić information content (AvgIpc) is 2.89. The number of thiophene rings is 1. The van der Waals surface area contributed by atoms with Crippen LogP contribution in [0.4, 0.5) is 0 Å². The lowest BCUT2D eigenvalue weighted by atomic mass is 9.77. The van der Waals surface area contributed by atoms with Crippen LogP contribution < -0.4 is 5.32 Å². The standard InChI is InChI=1S/C13H18BrNOS/c1-2-5-13(6-7-15-9-13)11(16)8-10-3-4-12(14)17-10/h3-4,15H,2,5-9H2,1H3. The van der Waals surface area contributed by atoms with Gasteiger partial charge in [0.25, 0.3) is 0 Å². The molecule has 0 aromatic carbocycles. The van der Waals surface area contributed by atoms with Crippen molar-refractivity contribution in [1.82, 2.24) is 5.32 Å². The molecule has 0 saturated carbocycles. The van der Waals surface area contributed by atoms with Gasteiger partial charge in [0.15, 0.2) is 0 Å². The third-order valence-electron chi connectivity index (χ3n) is 3.53. The molecule has 0 spiro atoms. The molecule has 1 atom stereocenters. The smallest absolute Gasteiger partial charge is 0.145 e. The number of halogens is 1. The molecule has 0 amide bonds. The van der Waals surface area contributed by atoms with E-state index in [-0.39, 0.29) is 5.41 Å². The highest BCUT2D eigenvalue weighted by Gasteiger charge is 2.39. The van der Waals surface area contributed by atoms with Crippen LogP contribution in [0, 0.1) is 5.41 Å². The molecule has 1 saturated heterocycles. The van der Waals surface area contributed by atoms with Crippen molar-refractivity contribution in [2.45, 2.75) is 32.6 Å². The molecule has 2 rings (SSSR count). The highest BCUT2D eigenvalue weighted by molar-refractivity contribution is 9.11. The van der Waals surface area contributed by atoms with Crippen LogP contribution in [-0.2, 0) is 11.2 Å². The Labute approximate surface area is 115 Å². The van der Waals surface area contributed by atoms with E-state index in [4.69, 9.17) is 0 Å². The molecule has 94 valence electrons. The zero-order valence-corrected chi connectivity index (χ0v) is 12.5. The monoisotopic (exact) mass is 315 g/mol. The highest BCUT2D eigenvalue weighted by atomic mass is 79.9. The first-order valence-electron chi connectivity index (χ1n) is 6.14. The number of nitrogens with one attached hydrogen (secondary N) is 1. The van der Waals surface area contributed by atoms with Crippen molar-refractivity contribution in [3.05, 3.63) is 20.8 Å². The molecule has 1 aliphatic heterocycles. The summed E-state index contributed by atoms with van der Waals surface area (Å²) in [5.74, 6) is 0.415. The molecule has 0 bridgehead atoms. The van der Waals surface area contributed by atoms with Gasteiger partial charge < -0.3 is 5.32 Å². The van der Waals surface area contributed by atoms with Gasteiger partial charge in [0.05, 0.1) is 3.79 Å². The molecule has 17 heavy (non-hydrogen) atoms. The van der Waals surface area contributed by atoms with E-state index in [2.05, 4.69) is 34.2 Å². The molecule has 2 nitrogen and oxygen atoms in total.